The SMILES string of the molecule is O=C(O)c1cncc(OC2CCS(=O)(=O)C2)c1. The number of sulfone groups is 1. The molecular weight excluding hydrogens is 246 g/mol. The monoisotopic (exact) mass is 257 g/mol. The number of aromatic carboxylic acids is 1. The summed E-state index contributed by atoms with van der Waals surface area (Å²) in [5, 5.41) is 8.76. The third kappa shape index (κ3) is 2.94. The van der Waals surface area contributed by atoms with Crippen molar-refractivity contribution in [3.05, 3.63) is 24.0 Å². The Bertz CT molecular complexity index is 539. The van der Waals surface area contributed by atoms with Crippen LogP contribution in [0.2, 0.25) is 0 Å². The molecule has 17 heavy (non-hydrogen) atoms. The predicted octanol–water partition coefficient (Wildman–Crippen LogP) is 0.346. The van der Waals surface area contributed by atoms with E-state index in [0.717, 1.165) is 0 Å². The van der Waals surface area contributed by atoms with Gasteiger partial charge in [-0.2, -0.15) is 0 Å². The van der Waals surface area contributed by atoms with E-state index in [2.05, 4.69) is 4.98 Å². The van der Waals surface area contributed by atoms with Crippen LogP contribution in [-0.4, -0.2) is 42.1 Å². The maximum absolute atomic E-state index is 11.2. The zero-order valence-corrected chi connectivity index (χ0v) is 9.68. The fourth-order valence-electron chi connectivity index (χ4n) is 1.65. The molecule has 0 aliphatic carbocycles. The van der Waals surface area contributed by atoms with Gasteiger partial charge in [0.1, 0.15) is 11.9 Å². The lowest BCUT2D eigenvalue weighted by Crippen LogP contribution is -2.18. The zero-order valence-electron chi connectivity index (χ0n) is 8.87. The molecule has 1 atom stereocenters. The first-order valence-electron chi connectivity index (χ1n) is 5.02. The summed E-state index contributed by atoms with van der Waals surface area (Å²) in [4.78, 5) is 14.4. The van der Waals surface area contributed by atoms with E-state index in [-0.39, 0.29) is 22.8 Å². The first-order chi connectivity index (χ1) is 7.96. The lowest BCUT2D eigenvalue weighted by atomic mass is 10.2. The second kappa shape index (κ2) is 4.33. The molecule has 0 amide bonds. The Balaban J connectivity index is 2.09. The van der Waals surface area contributed by atoms with Gasteiger partial charge in [-0.15, -0.1) is 0 Å². The third-order valence-corrected chi connectivity index (χ3v) is 4.19. The van der Waals surface area contributed by atoms with E-state index in [0.29, 0.717) is 6.42 Å². The summed E-state index contributed by atoms with van der Waals surface area (Å²) >= 11 is 0. The Morgan fingerprint density at radius 1 is 1.47 bits per heavy atom. The van der Waals surface area contributed by atoms with Crippen molar-refractivity contribution < 1.29 is 23.1 Å². The number of carbonyl (C=O) groups is 1. The van der Waals surface area contributed by atoms with Gasteiger partial charge in [-0.1, -0.05) is 0 Å². The highest BCUT2D eigenvalue weighted by Gasteiger charge is 2.29. The molecule has 7 heteroatoms. The molecule has 1 aromatic heterocycles. The lowest BCUT2D eigenvalue weighted by molar-refractivity contribution is 0.0695. The Morgan fingerprint density at radius 2 is 2.24 bits per heavy atom. The highest BCUT2D eigenvalue weighted by molar-refractivity contribution is 7.91. The molecule has 2 rings (SSSR count). The molecule has 0 radical (unpaired) electrons. The normalized spacial score (nSPS) is 22.2. The zero-order chi connectivity index (χ0) is 12.5. The van der Waals surface area contributed by atoms with Crippen molar-refractivity contribution in [2.75, 3.05) is 11.5 Å². The van der Waals surface area contributed by atoms with Gasteiger partial charge in [0.15, 0.2) is 9.84 Å². The van der Waals surface area contributed by atoms with Crippen molar-refractivity contribution >= 4 is 15.8 Å². The first kappa shape index (κ1) is 11.8. The van der Waals surface area contributed by atoms with Gasteiger partial charge in [0, 0.05) is 6.20 Å². The highest BCUT2D eigenvalue weighted by atomic mass is 32.2. The van der Waals surface area contributed by atoms with E-state index in [4.69, 9.17) is 9.84 Å². The topological polar surface area (TPSA) is 93.6 Å². The second-order valence-electron chi connectivity index (χ2n) is 3.86. The van der Waals surface area contributed by atoms with E-state index in [9.17, 15) is 13.2 Å². The van der Waals surface area contributed by atoms with Gasteiger partial charge in [0.05, 0.1) is 23.3 Å². The molecule has 6 nitrogen and oxygen atoms in total. The molecule has 92 valence electrons. The van der Waals surface area contributed by atoms with Crippen LogP contribution >= 0.6 is 0 Å². The fraction of sp³-hybridized carbons (Fsp3) is 0.400. The summed E-state index contributed by atoms with van der Waals surface area (Å²) in [6.45, 7) is 0. The van der Waals surface area contributed by atoms with Crippen LogP contribution in [0.1, 0.15) is 16.8 Å². The van der Waals surface area contributed by atoms with E-state index in [1.54, 1.807) is 0 Å². The van der Waals surface area contributed by atoms with Gasteiger partial charge in [-0.3, -0.25) is 4.98 Å². The molecule has 1 fully saturated rings. The fourth-order valence-corrected chi connectivity index (χ4v) is 3.24. The van der Waals surface area contributed by atoms with Gasteiger partial charge < -0.3 is 9.84 Å². The van der Waals surface area contributed by atoms with Gasteiger partial charge in [-0.05, 0) is 12.5 Å². The first-order valence-corrected chi connectivity index (χ1v) is 6.84. The molecule has 1 unspecified atom stereocenters. The number of ether oxygens (including phenoxy) is 1. The Hall–Kier alpha value is -1.63. The number of carboxylic acids is 1. The molecule has 1 aromatic rings. The predicted molar refractivity (Wildman–Crippen MR) is 58.9 cm³/mol. The smallest absolute Gasteiger partial charge is 0.337 e. The van der Waals surface area contributed by atoms with Gasteiger partial charge >= 0.3 is 5.97 Å². The summed E-state index contributed by atoms with van der Waals surface area (Å²) in [5.74, 6) is -0.720. The molecule has 2 heterocycles. The van der Waals surface area contributed by atoms with Crippen LogP contribution in [0.5, 0.6) is 5.75 Å². The number of pyridine rings is 1. The average Bonchev–Trinajstić information content (AvgIpc) is 2.58. The number of hydrogen-bond acceptors (Lipinski definition) is 5. The largest absolute Gasteiger partial charge is 0.488 e. The summed E-state index contributed by atoms with van der Waals surface area (Å²) in [6.07, 6.45) is 2.60. The van der Waals surface area contributed by atoms with Gasteiger partial charge in [-0.25, -0.2) is 13.2 Å². The van der Waals surface area contributed by atoms with Crippen molar-refractivity contribution in [1.82, 2.24) is 4.98 Å². The highest BCUT2D eigenvalue weighted by Crippen LogP contribution is 2.19. The maximum atomic E-state index is 11.2. The minimum atomic E-state index is -3.00. The van der Waals surface area contributed by atoms with Crippen molar-refractivity contribution in [3.8, 4) is 5.75 Å². The van der Waals surface area contributed by atoms with E-state index < -0.39 is 21.9 Å². The van der Waals surface area contributed by atoms with E-state index in [1.807, 2.05) is 0 Å². The molecular formula is C10H11NO5S. The van der Waals surface area contributed by atoms with Crippen molar-refractivity contribution in [3.63, 3.8) is 0 Å². The van der Waals surface area contributed by atoms with Crippen LogP contribution in [0, 0.1) is 0 Å². The van der Waals surface area contributed by atoms with Gasteiger partial charge in [0.25, 0.3) is 0 Å². The summed E-state index contributed by atoms with van der Waals surface area (Å²) in [5.41, 5.74) is 0.0170. The van der Waals surface area contributed by atoms with Crippen molar-refractivity contribution in [2.45, 2.75) is 12.5 Å². The Morgan fingerprint density at radius 3 is 2.82 bits per heavy atom. The van der Waals surface area contributed by atoms with Crippen LogP contribution in [0.25, 0.3) is 0 Å². The molecule has 1 aliphatic rings. The third-order valence-electron chi connectivity index (χ3n) is 2.45. The van der Waals surface area contributed by atoms with Crippen molar-refractivity contribution in [2.24, 2.45) is 0 Å². The number of hydrogen-bond donors (Lipinski definition) is 1. The van der Waals surface area contributed by atoms with E-state index in [1.165, 1.54) is 18.5 Å². The molecule has 1 saturated heterocycles. The minimum absolute atomic E-state index is 0.0170. The summed E-state index contributed by atoms with van der Waals surface area (Å²) < 4.78 is 27.8. The van der Waals surface area contributed by atoms with E-state index >= 15 is 0 Å². The van der Waals surface area contributed by atoms with Crippen LogP contribution in [0.3, 0.4) is 0 Å². The lowest BCUT2D eigenvalue weighted by Gasteiger charge is -2.11. The maximum Gasteiger partial charge on any atom is 0.337 e. The number of carboxylic acid groups (broad SMARTS) is 1. The number of aromatic nitrogens is 1. The van der Waals surface area contributed by atoms with Crippen LogP contribution < -0.4 is 4.74 Å². The number of rotatable bonds is 3. The van der Waals surface area contributed by atoms with Crippen LogP contribution in [0.4, 0.5) is 0 Å². The molecule has 0 bridgehead atoms. The standard InChI is InChI=1S/C10H11NO5S/c12-10(13)7-3-9(5-11-4-7)16-8-1-2-17(14,15)6-8/h3-5,8H,1-2,6H2,(H,12,13). The molecule has 1 aliphatic heterocycles. The quantitative estimate of drug-likeness (QED) is 0.839. The Kier molecular flexibility index (Phi) is 3.01. The molecule has 0 saturated carbocycles. The summed E-state index contributed by atoms with van der Waals surface area (Å²) in [7, 11) is -3.00. The van der Waals surface area contributed by atoms with Gasteiger partial charge in [0.2, 0.25) is 0 Å². The average molecular weight is 257 g/mol. The Labute approximate surface area is 98.2 Å². The van der Waals surface area contributed by atoms with Crippen LogP contribution in [-0.2, 0) is 9.84 Å². The number of nitrogens with zero attached hydrogens (tertiary/aromatic N) is 1. The van der Waals surface area contributed by atoms with Crippen LogP contribution in [0.15, 0.2) is 18.5 Å². The molecule has 1 N–H and O–H groups in total. The summed E-state index contributed by atoms with van der Waals surface area (Å²) in [6, 6.07) is 1.33. The second-order valence-corrected chi connectivity index (χ2v) is 6.09. The molecule has 0 aromatic carbocycles. The minimum Gasteiger partial charge on any atom is -0.488 e. The molecule has 0 spiro atoms. The van der Waals surface area contributed by atoms with Crippen molar-refractivity contribution in [1.29, 1.82) is 0 Å².